The van der Waals surface area contributed by atoms with Crippen molar-refractivity contribution in [2.75, 3.05) is 0 Å². The molecule has 0 saturated heterocycles. The first kappa shape index (κ1) is 15.7. The van der Waals surface area contributed by atoms with E-state index in [4.69, 9.17) is 5.73 Å². The van der Waals surface area contributed by atoms with Crippen LogP contribution in [0, 0.1) is 5.92 Å². The Bertz CT molecular complexity index is 457. The molecule has 1 aliphatic rings. The summed E-state index contributed by atoms with van der Waals surface area (Å²) in [6.07, 6.45) is 3.43. The fraction of sp³-hybridized carbons (Fsp3) is 0.533. The van der Waals surface area contributed by atoms with Crippen molar-refractivity contribution < 1.29 is 18.3 Å². The van der Waals surface area contributed by atoms with Gasteiger partial charge in [-0.25, -0.2) is 0 Å². The van der Waals surface area contributed by atoms with Crippen LogP contribution in [0.5, 0.6) is 5.75 Å². The number of hydrogen-bond donors (Lipinski definition) is 2. The van der Waals surface area contributed by atoms with E-state index in [0.717, 1.165) is 31.2 Å². The molecular weight excluding hydrogens is 278 g/mol. The number of hydrogen-bond acceptors (Lipinski definition) is 3. The zero-order valence-corrected chi connectivity index (χ0v) is 11.7. The summed E-state index contributed by atoms with van der Waals surface area (Å²) in [5, 5.41) is 2.88. The van der Waals surface area contributed by atoms with Crippen molar-refractivity contribution in [1.29, 1.82) is 0 Å². The predicted molar refractivity (Wildman–Crippen MR) is 74.9 cm³/mol. The van der Waals surface area contributed by atoms with Gasteiger partial charge in [0.25, 0.3) is 0 Å². The molecule has 0 atom stereocenters. The molecule has 2 rings (SSSR count). The number of rotatable bonds is 5. The van der Waals surface area contributed by atoms with E-state index in [0.29, 0.717) is 6.54 Å². The average molecular weight is 298 g/mol. The molecule has 0 aliphatic heterocycles. The number of carbonyl (C=O) groups is 1. The predicted octanol–water partition coefficient (Wildman–Crippen LogP) is 2.42. The zero-order chi connectivity index (χ0) is 15.2. The van der Waals surface area contributed by atoms with Gasteiger partial charge in [0.05, 0.1) is 0 Å². The number of nitrogens with two attached hydrogens (primary N) is 1. The maximum atomic E-state index is 12.0. The van der Waals surface area contributed by atoms with E-state index >= 15 is 0 Å². The van der Waals surface area contributed by atoms with Crippen LogP contribution in [0.1, 0.15) is 31.2 Å². The maximum Gasteiger partial charge on any atom is 0.387 e. The fourth-order valence-electron chi connectivity index (χ4n) is 2.50. The zero-order valence-electron chi connectivity index (χ0n) is 11.7. The van der Waals surface area contributed by atoms with Gasteiger partial charge in [-0.15, -0.1) is 0 Å². The lowest BCUT2D eigenvalue weighted by Crippen LogP contribution is -2.35. The second-order valence-corrected chi connectivity index (χ2v) is 5.35. The molecule has 4 nitrogen and oxygen atoms in total. The molecule has 1 amide bonds. The topological polar surface area (TPSA) is 64.4 Å². The molecule has 0 radical (unpaired) electrons. The molecule has 116 valence electrons. The molecule has 0 bridgehead atoms. The highest BCUT2D eigenvalue weighted by atomic mass is 19.3. The standard InChI is InChI=1S/C15H20F2N2O2/c16-15(17)21-13-7-1-10(2-8-13)9-19-14(20)11-3-5-12(18)6-4-11/h1-2,7-8,11-12,15H,3-6,9,18H2,(H,19,20). The van der Waals surface area contributed by atoms with Crippen molar-refractivity contribution in [2.24, 2.45) is 11.7 Å². The van der Waals surface area contributed by atoms with E-state index in [1.807, 2.05) is 0 Å². The van der Waals surface area contributed by atoms with Crippen LogP contribution in [-0.4, -0.2) is 18.6 Å². The second kappa shape index (κ2) is 7.36. The summed E-state index contributed by atoms with van der Waals surface area (Å²) >= 11 is 0. The van der Waals surface area contributed by atoms with Gasteiger partial charge in [-0.3, -0.25) is 4.79 Å². The second-order valence-electron chi connectivity index (χ2n) is 5.35. The third-order valence-electron chi connectivity index (χ3n) is 3.76. The van der Waals surface area contributed by atoms with Gasteiger partial charge in [-0.1, -0.05) is 12.1 Å². The molecule has 1 saturated carbocycles. The van der Waals surface area contributed by atoms with Crippen LogP contribution in [0.2, 0.25) is 0 Å². The number of alkyl halides is 2. The van der Waals surface area contributed by atoms with Crippen LogP contribution in [0.3, 0.4) is 0 Å². The van der Waals surface area contributed by atoms with Gasteiger partial charge in [0.15, 0.2) is 0 Å². The molecule has 6 heteroatoms. The van der Waals surface area contributed by atoms with Crippen molar-refractivity contribution in [1.82, 2.24) is 5.32 Å². The Morgan fingerprint density at radius 1 is 1.24 bits per heavy atom. The van der Waals surface area contributed by atoms with Crippen molar-refractivity contribution >= 4 is 5.91 Å². The lowest BCUT2D eigenvalue weighted by molar-refractivity contribution is -0.126. The van der Waals surface area contributed by atoms with Crippen LogP contribution in [0.15, 0.2) is 24.3 Å². The first-order valence-electron chi connectivity index (χ1n) is 7.11. The summed E-state index contributed by atoms with van der Waals surface area (Å²) in [4.78, 5) is 12.0. The van der Waals surface area contributed by atoms with Gasteiger partial charge in [-0.2, -0.15) is 8.78 Å². The first-order valence-corrected chi connectivity index (χ1v) is 7.11. The molecule has 3 N–H and O–H groups in total. The minimum Gasteiger partial charge on any atom is -0.435 e. The van der Waals surface area contributed by atoms with Gasteiger partial charge in [0.2, 0.25) is 5.91 Å². The minimum absolute atomic E-state index is 0.0336. The van der Waals surface area contributed by atoms with Gasteiger partial charge in [-0.05, 0) is 43.4 Å². The lowest BCUT2D eigenvalue weighted by Gasteiger charge is -2.25. The number of amides is 1. The van der Waals surface area contributed by atoms with Crippen molar-refractivity contribution in [3.8, 4) is 5.75 Å². The summed E-state index contributed by atoms with van der Waals surface area (Å²) in [7, 11) is 0. The van der Waals surface area contributed by atoms with Gasteiger partial charge < -0.3 is 15.8 Å². The molecule has 1 aromatic rings. The van der Waals surface area contributed by atoms with Gasteiger partial charge in [0.1, 0.15) is 5.75 Å². The molecular formula is C15H20F2N2O2. The highest BCUT2D eigenvalue weighted by Gasteiger charge is 2.24. The Balaban J connectivity index is 1.78. The highest BCUT2D eigenvalue weighted by Crippen LogP contribution is 2.23. The van der Waals surface area contributed by atoms with Crippen molar-refractivity contribution in [3.63, 3.8) is 0 Å². The number of carbonyl (C=O) groups excluding carboxylic acids is 1. The number of halogens is 2. The number of ether oxygens (including phenoxy) is 1. The Kier molecular flexibility index (Phi) is 5.50. The average Bonchev–Trinajstić information content (AvgIpc) is 2.46. The molecule has 21 heavy (non-hydrogen) atoms. The first-order chi connectivity index (χ1) is 10.0. The largest absolute Gasteiger partial charge is 0.435 e. The molecule has 0 unspecified atom stereocenters. The summed E-state index contributed by atoms with van der Waals surface area (Å²) in [6, 6.07) is 6.47. The van der Waals surface area contributed by atoms with E-state index in [-0.39, 0.29) is 23.6 Å². The van der Waals surface area contributed by atoms with E-state index < -0.39 is 6.61 Å². The SMILES string of the molecule is NC1CCC(C(=O)NCc2ccc(OC(F)F)cc2)CC1. The van der Waals surface area contributed by atoms with Crippen LogP contribution in [-0.2, 0) is 11.3 Å². The number of nitrogens with one attached hydrogen (secondary N) is 1. The fourth-order valence-corrected chi connectivity index (χ4v) is 2.50. The van der Waals surface area contributed by atoms with Crippen LogP contribution in [0.4, 0.5) is 8.78 Å². The van der Waals surface area contributed by atoms with Gasteiger partial charge >= 0.3 is 6.61 Å². The van der Waals surface area contributed by atoms with Crippen molar-refractivity contribution in [3.05, 3.63) is 29.8 Å². The van der Waals surface area contributed by atoms with E-state index in [2.05, 4.69) is 10.1 Å². The normalized spacial score (nSPS) is 22.1. The maximum absolute atomic E-state index is 12.0. The quantitative estimate of drug-likeness (QED) is 0.877. The Morgan fingerprint density at radius 3 is 2.43 bits per heavy atom. The van der Waals surface area contributed by atoms with E-state index in [1.54, 1.807) is 12.1 Å². The molecule has 0 heterocycles. The monoisotopic (exact) mass is 298 g/mol. The molecule has 1 aromatic carbocycles. The number of benzene rings is 1. The summed E-state index contributed by atoms with van der Waals surface area (Å²) in [5.74, 6) is 0.183. The Morgan fingerprint density at radius 2 is 1.86 bits per heavy atom. The molecule has 0 aromatic heterocycles. The summed E-state index contributed by atoms with van der Waals surface area (Å²) in [6.45, 7) is -2.44. The minimum atomic E-state index is -2.83. The van der Waals surface area contributed by atoms with Crippen LogP contribution >= 0.6 is 0 Å². The van der Waals surface area contributed by atoms with E-state index in [1.165, 1.54) is 12.1 Å². The summed E-state index contributed by atoms with van der Waals surface area (Å²) < 4.78 is 28.3. The van der Waals surface area contributed by atoms with Gasteiger partial charge in [0, 0.05) is 18.5 Å². The molecule has 1 fully saturated rings. The smallest absolute Gasteiger partial charge is 0.387 e. The van der Waals surface area contributed by atoms with Crippen molar-refractivity contribution in [2.45, 2.75) is 44.9 Å². The lowest BCUT2D eigenvalue weighted by atomic mass is 9.86. The Labute approximate surface area is 122 Å². The molecule has 0 spiro atoms. The molecule has 1 aliphatic carbocycles. The highest BCUT2D eigenvalue weighted by molar-refractivity contribution is 5.78. The van der Waals surface area contributed by atoms with Crippen LogP contribution in [0.25, 0.3) is 0 Å². The van der Waals surface area contributed by atoms with E-state index in [9.17, 15) is 13.6 Å². The van der Waals surface area contributed by atoms with Crippen LogP contribution < -0.4 is 15.8 Å². The third kappa shape index (κ3) is 4.97. The third-order valence-corrected chi connectivity index (χ3v) is 3.76. The summed E-state index contributed by atoms with van der Waals surface area (Å²) in [5.41, 5.74) is 6.66. The Hall–Kier alpha value is -1.69.